The van der Waals surface area contributed by atoms with Gasteiger partial charge in [0.1, 0.15) is 11.6 Å². The van der Waals surface area contributed by atoms with E-state index in [1.54, 1.807) is 42.7 Å². The van der Waals surface area contributed by atoms with Gasteiger partial charge in [-0.25, -0.2) is 18.6 Å². The maximum Gasteiger partial charge on any atom is 0.409 e. The van der Waals surface area contributed by atoms with Gasteiger partial charge in [-0.1, -0.05) is 6.92 Å². The molecule has 3 heterocycles. The van der Waals surface area contributed by atoms with Crippen molar-refractivity contribution in [2.45, 2.75) is 56.5 Å². The highest BCUT2D eigenvalue weighted by Gasteiger charge is 2.39. The molecule has 0 aliphatic heterocycles. The van der Waals surface area contributed by atoms with Crippen LogP contribution in [-0.4, -0.2) is 56.8 Å². The number of rotatable bonds is 6. The molecule has 3 N–H and O–H groups in total. The van der Waals surface area contributed by atoms with Gasteiger partial charge in [-0.2, -0.15) is 9.61 Å². The predicted molar refractivity (Wildman–Crippen MR) is 151 cm³/mol. The molecule has 2 aliphatic rings. The summed E-state index contributed by atoms with van der Waals surface area (Å²) >= 11 is 0. The number of benzene rings is 1. The molecule has 0 saturated heterocycles. The molecule has 1 amide bonds. The first-order chi connectivity index (χ1) is 19.7. The first-order valence-corrected chi connectivity index (χ1v) is 13.9. The molecule has 9 nitrogen and oxygen atoms in total. The van der Waals surface area contributed by atoms with E-state index in [1.807, 2.05) is 6.07 Å². The van der Waals surface area contributed by atoms with E-state index >= 15 is 8.78 Å². The smallest absolute Gasteiger partial charge is 0.409 e. The molecule has 2 fully saturated rings. The molecular weight excluding hydrogens is 528 g/mol. The van der Waals surface area contributed by atoms with Crippen molar-refractivity contribution >= 4 is 23.2 Å². The summed E-state index contributed by atoms with van der Waals surface area (Å²) in [5.74, 6) is -0.383. The second-order valence-electron chi connectivity index (χ2n) is 11.2. The molecule has 3 aromatic heterocycles. The first-order valence-electron chi connectivity index (χ1n) is 13.9. The zero-order valence-corrected chi connectivity index (χ0v) is 23.2. The molecule has 4 aromatic rings. The summed E-state index contributed by atoms with van der Waals surface area (Å²) in [6, 6.07) is 7.73. The number of amides is 1. The van der Waals surface area contributed by atoms with Crippen LogP contribution in [0, 0.1) is 17.6 Å². The minimum atomic E-state index is -0.623. The minimum absolute atomic E-state index is 0.107. The second kappa shape index (κ2) is 10.7. The zero-order chi connectivity index (χ0) is 28.8. The highest BCUT2D eigenvalue weighted by molar-refractivity contribution is 5.68. The van der Waals surface area contributed by atoms with E-state index in [0.717, 1.165) is 30.5 Å². The number of imidazole rings is 1. The van der Waals surface area contributed by atoms with Crippen LogP contribution in [0.5, 0.6) is 0 Å². The average Bonchev–Trinajstić information content (AvgIpc) is 3.73. The van der Waals surface area contributed by atoms with Crippen molar-refractivity contribution < 1.29 is 18.3 Å². The molecule has 1 aromatic carbocycles. The summed E-state index contributed by atoms with van der Waals surface area (Å²) in [5.41, 5.74) is 9.74. The third-order valence-corrected chi connectivity index (χ3v) is 8.44. The van der Waals surface area contributed by atoms with Crippen LogP contribution < -0.4 is 11.1 Å². The minimum Gasteiger partial charge on any atom is -0.453 e. The van der Waals surface area contributed by atoms with Crippen LogP contribution >= 0.6 is 0 Å². The highest BCUT2D eigenvalue weighted by Crippen LogP contribution is 2.42. The monoisotopic (exact) mass is 561 g/mol. The number of anilines is 2. The number of nitrogens with two attached hydrogens (primary N) is 1. The van der Waals surface area contributed by atoms with Gasteiger partial charge in [0.25, 0.3) is 0 Å². The fourth-order valence-electron chi connectivity index (χ4n) is 6.34. The normalized spacial score (nSPS) is 22.5. The standard InChI is InChI=1S/C30H33F2N7O2/c1-16-10-19(13-24(33)28(16)38(2)30(40)41-3)21-8-9-34-15-26(21)36-29-35-14-20-6-7-25(37-39(20)29)27-22(31)11-18(12-23(27)32)17-4-5-17/h6-9,11-12,14-17,19,24,28H,4-5,10,13,33H2,1-3H3,(H,35,36). The average molecular weight is 562 g/mol. The van der Waals surface area contributed by atoms with Crippen molar-refractivity contribution in [2.75, 3.05) is 19.5 Å². The van der Waals surface area contributed by atoms with E-state index in [0.29, 0.717) is 23.4 Å². The Labute approximate surface area is 236 Å². The number of carbonyl (C=O) groups excluding carboxylic acids is 1. The number of methoxy groups -OCH3 is 1. The summed E-state index contributed by atoms with van der Waals surface area (Å²) in [7, 11) is 3.08. The lowest BCUT2D eigenvalue weighted by Gasteiger charge is -2.43. The number of hydrogen-bond acceptors (Lipinski definition) is 7. The molecule has 11 heteroatoms. The molecule has 0 spiro atoms. The molecule has 214 valence electrons. The van der Waals surface area contributed by atoms with E-state index in [-0.39, 0.29) is 41.1 Å². The number of hydrogen-bond donors (Lipinski definition) is 2. The van der Waals surface area contributed by atoms with Gasteiger partial charge in [0, 0.05) is 19.3 Å². The van der Waals surface area contributed by atoms with Gasteiger partial charge in [-0.15, -0.1) is 0 Å². The summed E-state index contributed by atoms with van der Waals surface area (Å²) in [6.07, 6.45) is 8.08. The Morgan fingerprint density at radius 2 is 1.88 bits per heavy atom. The lowest BCUT2D eigenvalue weighted by molar-refractivity contribution is 0.0778. The van der Waals surface area contributed by atoms with Crippen molar-refractivity contribution in [3.05, 3.63) is 71.7 Å². The van der Waals surface area contributed by atoms with Gasteiger partial charge in [0.05, 0.1) is 48.0 Å². The molecule has 0 bridgehead atoms. The molecule has 2 aliphatic carbocycles. The van der Waals surface area contributed by atoms with Gasteiger partial charge >= 0.3 is 6.09 Å². The van der Waals surface area contributed by atoms with Crippen molar-refractivity contribution in [1.29, 1.82) is 0 Å². The number of nitrogens with zero attached hydrogens (tertiary/aromatic N) is 5. The molecule has 6 rings (SSSR count). The van der Waals surface area contributed by atoms with Crippen LogP contribution in [0.25, 0.3) is 16.8 Å². The van der Waals surface area contributed by atoms with Gasteiger partial charge in [0.2, 0.25) is 5.95 Å². The summed E-state index contributed by atoms with van der Waals surface area (Å²) in [6.45, 7) is 2.09. The van der Waals surface area contributed by atoms with Crippen LogP contribution in [0.2, 0.25) is 0 Å². The number of ether oxygens (including phenoxy) is 1. The Kier molecular flexibility index (Phi) is 7.06. The number of likely N-dealkylation sites (N-methyl/N-ethyl adjacent to an activating group) is 1. The van der Waals surface area contributed by atoms with Crippen molar-refractivity contribution in [3.8, 4) is 11.3 Å². The van der Waals surface area contributed by atoms with Gasteiger partial charge in [0.15, 0.2) is 0 Å². The number of carbonyl (C=O) groups is 1. The summed E-state index contributed by atoms with van der Waals surface area (Å²) in [4.78, 5) is 22.5. The number of pyridine rings is 1. The molecule has 0 radical (unpaired) electrons. The van der Waals surface area contributed by atoms with Crippen molar-refractivity contribution in [2.24, 2.45) is 11.7 Å². The van der Waals surface area contributed by atoms with Crippen molar-refractivity contribution in [3.63, 3.8) is 0 Å². The molecule has 4 unspecified atom stereocenters. The Balaban J connectivity index is 1.28. The first kappa shape index (κ1) is 27.1. The molecule has 4 atom stereocenters. The van der Waals surface area contributed by atoms with E-state index in [4.69, 9.17) is 10.5 Å². The van der Waals surface area contributed by atoms with E-state index in [9.17, 15) is 4.79 Å². The van der Waals surface area contributed by atoms with Crippen LogP contribution in [0.4, 0.5) is 25.2 Å². The number of halogens is 2. The van der Waals surface area contributed by atoms with E-state index in [2.05, 4.69) is 27.3 Å². The maximum absolute atomic E-state index is 15.1. The highest BCUT2D eigenvalue weighted by atomic mass is 19.1. The number of fused-ring (bicyclic) bond motifs is 1. The Morgan fingerprint density at radius 3 is 2.56 bits per heavy atom. The summed E-state index contributed by atoms with van der Waals surface area (Å²) in [5, 5.41) is 7.89. The Hall–Kier alpha value is -4.12. The lowest BCUT2D eigenvalue weighted by atomic mass is 9.73. The fourth-order valence-corrected chi connectivity index (χ4v) is 6.34. The van der Waals surface area contributed by atoms with Gasteiger partial charge in [-0.05, 0) is 84.9 Å². The second-order valence-corrected chi connectivity index (χ2v) is 11.2. The van der Waals surface area contributed by atoms with Crippen LogP contribution in [0.15, 0.2) is 48.9 Å². The van der Waals surface area contributed by atoms with Gasteiger partial charge in [-0.3, -0.25) is 4.98 Å². The topological polar surface area (TPSA) is 111 Å². The molecule has 2 saturated carbocycles. The quantitative estimate of drug-likeness (QED) is 0.315. The number of aromatic nitrogens is 4. The van der Waals surface area contributed by atoms with Crippen LogP contribution in [0.3, 0.4) is 0 Å². The summed E-state index contributed by atoms with van der Waals surface area (Å²) < 4.78 is 36.6. The predicted octanol–water partition coefficient (Wildman–Crippen LogP) is 5.60. The lowest BCUT2D eigenvalue weighted by Crippen LogP contribution is -2.55. The van der Waals surface area contributed by atoms with E-state index in [1.165, 1.54) is 23.8 Å². The number of nitrogens with one attached hydrogen (secondary N) is 1. The maximum atomic E-state index is 15.1. The zero-order valence-electron chi connectivity index (χ0n) is 23.2. The SMILES string of the molecule is COC(=O)N(C)C1C(C)CC(c2ccncc2Nc2ncc3ccc(-c4c(F)cc(C5CC5)cc4F)nn23)CC1N. The molecular formula is C30H33F2N7O2. The van der Waals surface area contributed by atoms with Crippen molar-refractivity contribution in [1.82, 2.24) is 24.5 Å². The van der Waals surface area contributed by atoms with Crippen LogP contribution in [0.1, 0.15) is 55.6 Å². The Bertz CT molecular complexity index is 1570. The largest absolute Gasteiger partial charge is 0.453 e. The van der Waals surface area contributed by atoms with E-state index < -0.39 is 17.7 Å². The fraction of sp³-hybridized carbons (Fsp3) is 0.400. The molecule has 41 heavy (non-hydrogen) atoms. The third-order valence-electron chi connectivity index (χ3n) is 8.44. The Morgan fingerprint density at radius 1 is 1.12 bits per heavy atom. The third kappa shape index (κ3) is 5.10. The van der Waals surface area contributed by atoms with Crippen LogP contribution in [-0.2, 0) is 4.74 Å². The van der Waals surface area contributed by atoms with Gasteiger partial charge < -0.3 is 20.7 Å².